The summed E-state index contributed by atoms with van der Waals surface area (Å²) in [5.74, 6) is 0. The highest BCUT2D eigenvalue weighted by Crippen LogP contribution is 2.50. The van der Waals surface area contributed by atoms with Crippen LogP contribution in [0.2, 0.25) is 0 Å². The Morgan fingerprint density at radius 2 is 1.02 bits per heavy atom. The van der Waals surface area contributed by atoms with Gasteiger partial charge >= 0.3 is 0 Å². The molecule has 242 valence electrons. The zero-order chi connectivity index (χ0) is 34.1. The molecule has 10 rings (SSSR count). The summed E-state index contributed by atoms with van der Waals surface area (Å²) < 4.78 is 6.16. The highest BCUT2D eigenvalue weighted by atomic mass is 16.3. The van der Waals surface area contributed by atoms with Crippen molar-refractivity contribution in [2.45, 2.75) is 19.3 Å². The number of furan rings is 1. The molecule has 0 aliphatic heterocycles. The molecule has 0 saturated heterocycles. The minimum Gasteiger partial charge on any atom is -0.456 e. The topological polar surface area (TPSA) is 16.4 Å². The molecular formula is C49H35NO. The van der Waals surface area contributed by atoms with Crippen molar-refractivity contribution in [3.05, 3.63) is 187 Å². The van der Waals surface area contributed by atoms with E-state index in [1.807, 2.05) is 12.1 Å². The maximum Gasteiger partial charge on any atom is 0.136 e. The molecule has 1 aliphatic carbocycles. The van der Waals surface area contributed by atoms with E-state index in [4.69, 9.17) is 4.42 Å². The van der Waals surface area contributed by atoms with Gasteiger partial charge < -0.3 is 9.32 Å². The molecule has 0 unspecified atom stereocenters. The lowest BCUT2D eigenvalue weighted by molar-refractivity contribution is 0.660. The molecule has 0 N–H and O–H groups in total. The minimum atomic E-state index is -0.0843. The molecule has 1 heterocycles. The van der Waals surface area contributed by atoms with Gasteiger partial charge in [0.2, 0.25) is 0 Å². The van der Waals surface area contributed by atoms with Crippen molar-refractivity contribution >= 4 is 49.8 Å². The summed E-state index contributed by atoms with van der Waals surface area (Å²) in [6.07, 6.45) is 0. The Bertz CT molecular complexity index is 2750. The molecule has 0 bridgehead atoms. The summed E-state index contributed by atoms with van der Waals surface area (Å²) in [6, 6.07) is 63.7. The molecule has 2 nitrogen and oxygen atoms in total. The van der Waals surface area contributed by atoms with Crippen LogP contribution in [0.3, 0.4) is 0 Å². The number of hydrogen-bond donors (Lipinski definition) is 0. The number of fused-ring (bicyclic) bond motifs is 8. The van der Waals surface area contributed by atoms with Gasteiger partial charge in [-0.05, 0) is 110 Å². The monoisotopic (exact) mass is 653 g/mol. The van der Waals surface area contributed by atoms with E-state index in [0.29, 0.717) is 0 Å². The van der Waals surface area contributed by atoms with Crippen molar-refractivity contribution in [1.82, 2.24) is 0 Å². The Balaban J connectivity index is 1.06. The van der Waals surface area contributed by atoms with Crippen molar-refractivity contribution in [2.24, 2.45) is 0 Å². The van der Waals surface area contributed by atoms with E-state index in [1.165, 1.54) is 60.7 Å². The van der Waals surface area contributed by atoms with Crippen LogP contribution in [0, 0.1) is 0 Å². The smallest absolute Gasteiger partial charge is 0.136 e. The molecule has 9 aromatic rings. The summed E-state index contributed by atoms with van der Waals surface area (Å²) in [6.45, 7) is 4.69. The second kappa shape index (κ2) is 11.3. The summed E-state index contributed by atoms with van der Waals surface area (Å²) in [4.78, 5) is 2.39. The summed E-state index contributed by atoms with van der Waals surface area (Å²) in [5, 5.41) is 4.76. The van der Waals surface area contributed by atoms with Gasteiger partial charge in [-0.15, -0.1) is 0 Å². The number of hydrogen-bond acceptors (Lipinski definition) is 2. The molecule has 2 heteroatoms. The van der Waals surface area contributed by atoms with Gasteiger partial charge in [0.05, 0.1) is 0 Å². The van der Waals surface area contributed by atoms with E-state index in [-0.39, 0.29) is 5.41 Å². The third-order valence-corrected chi connectivity index (χ3v) is 10.9. The largest absolute Gasteiger partial charge is 0.456 e. The second-order valence-electron chi connectivity index (χ2n) is 14.2. The van der Waals surface area contributed by atoms with Crippen LogP contribution in [0.15, 0.2) is 180 Å². The van der Waals surface area contributed by atoms with Gasteiger partial charge in [0.25, 0.3) is 0 Å². The van der Waals surface area contributed by atoms with Crippen molar-refractivity contribution in [3.8, 4) is 33.4 Å². The van der Waals surface area contributed by atoms with Gasteiger partial charge in [-0.3, -0.25) is 0 Å². The first kappa shape index (κ1) is 29.5. The Morgan fingerprint density at radius 1 is 0.412 bits per heavy atom. The Hall–Kier alpha value is -6.38. The molecule has 0 radical (unpaired) electrons. The van der Waals surface area contributed by atoms with Gasteiger partial charge in [-0.25, -0.2) is 0 Å². The fraction of sp³-hybridized carbons (Fsp3) is 0.0612. The molecule has 1 aromatic heterocycles. The molecule has 0 spiro atoms. The van der Waals surface area contributed by atoms with Crippen LogP contribution in [0.4, 0.5) is 17.1 Å². The highest BCUT2D eigenvalue weighted by molar-refractivity contribution is 6.19. The molecular weight excluding hydrogens is 619 g/mol. The molecule has 0 fully saturated rings. The average molecular weight is 654 g/mol. The van der Waals surface area contributed by atoms with Gasteiger partial charge in [0, 0.05) is 33.2 Å². The number of anilines is 3. The Morgan fingerprint density at radius 3 is 1.80 bits per heavy atom. The molecule has 8 aromatic carbocycles. The van der Waals surface area contributed by atoms with Gasteiger partial charge in [0.15, 0.2) is 0 Å². The lowest BCUT2D eigenvalue weighted by Crippen LogP contribution is -2.16. The van der Waals surface area contributed by atoms with E-state index >= 15 is 0 Å². The first-order valence-corrected chi connectivity index (χ1v) is 17.7. The van der Waals surface area contributed by atoms with E-state index in [9.17, 15) is 0 Å². The van der Waals surface area contributed by atoms with Crippen molar-refractivity contribution in [3.63, 3.8) is 0 Å². The SMILES string of the molecule is CC1(C)c2ccccc2-c2ccc(N(c3ccc(-c4ccccc4)cc3)c3ccc(-c4ccc5c(ccc6oc7ccccc7c65)c4)cc3)cc21. The summed E-state index contributed by atoms with van der Waals surface area (Å²) >= 11 is 0. The standard InChI is InChI=1S/C49H35NO/c1-49(2)44-14-8-6-12-41(44)42-28-26-39(31-45(42)49)50(37-22-16-33(17-23-37)32-10-4-3-5-11-32)38-24-18-34(19-25-38)35-20-27-40-36(30-35)21-29-47-48(40)43-13-7-9-15-46(43)51-47/h3-31H,1-2H3. The van der Waals surface area contributed by atoms with Crippen LogP contribution in [0.25, 0.3) is 66.1 Å². The van der Waals surface area contributed by atoms with Crippen molar-refractivity contribution < 1.29 is 4.42 Å². The number of para-hydroxylation sites is 1. The fourth-order valence-corrected chi connectivity index (χ4v) is 8.25. The first-order chi connectivity index (χ1) is 25.0. The first-order valence-electron chi connectivity index (χ1n) is 17.7. The molecule has 0 atom stereocenters. The lowest BCUT2D eigenvalue weighted by Gasteiger charge is -2.28. The fourth-order valence-electron chi connectivity index (χ4n) is 8.25. The molecule has 0 saturated carbocycles. The maximum absolute atomic E-state index is 6.16. The van der Waals surface area contributed by atoms with Crippen molar-refractivity contribution in [1.29, 1.82) is 0 Å². The summed E-state index contributed by atoms with van der Waals surface area (Å²) in [5.41, 5.74) is 15.4. The van der Waals surface area contributed by atoms with Crippen LogP contribution < -0.4 is 4.90 Å². The molecule has 51 heavy (non-hydrogen) atoms. The highest BCUT2D eigenvalue weighted by Gasteiger charge is 2.35. The van der Waals surface area contributed by atoms with E-state index in [1.54, 1.807) is 0 Å². The van der Waals surface area contributed by atoms with E-state index < -0.39 is 0 Å². The maximum atomic E-state index is 6.16. The van der Waals surface area contributed by atoms with Crippen molar-refractivity contribution in [2.75, 3.05) is 4.90 Å². The Labute approximate surface area is 297 Å². The quantitative estimate of drug-likeness (QED) is 0.184. The second-order valence-corrected chi connectivity index (χ2v) is 14.2. The zero-order valence-corrected chi connectivity index (χ0v) is 28.6. The third-order valence-electron chi connectivity index (χ3n) is 10.9. The zero-order valence-electron chi connectivity index (χ0n) is 28.6. The number of nitrogens with zero attached hydrogens (tertiary/aromatic N) is 1. The summed E-state index contributed by atoms with van der Waals surface area (Å²) in [7, 11) is 0. The van der Waals surface area contributed by atoms with Gasteiger partial charge in [-0.1, -0.05) is 135 Å². The van der Waals surface area contributed by atoms with E-state index in [0.717, 1.165) is 33.6 Å². The Kier molecular flexibility index (Phi) is 6.56. The predicted molar refractivity (Wildman–Crippen MR) is 214 cm³/mol. The van der Waals surface area contributed by atoms with Crippen LogP contribution in [0.1, 0.15) is 25.0 Å². The number of benzene rings is 8. The number of rotatable bonds is 5. The van der Waals surface area contributed by atoms with Gasteiger partial charge in [-0.2, -0.15) is 0 Å². The normalized spacial score (nSPS) is 13.1. The van der Waals surface area contributed by atoms with Gasteiger partial charge in [0.1, 0.15) is 11.2 Å². The predicted octanol–water partition coefficient (Wildman–Crippen LogP) is 13.8. The van der Waals surface area contributed by atoms with E-state index in [2.05, 4.69) is 183 Å². The lowest BCUT2D eigenvalue weighted by atomic mass is 9.82. The average Bonchev–Trinajstić information content (AvgIpc) is 3.68. The van der Waals surface area contributed by atoms with Crippen LogP contribution in [-0.2, 0) is 5.41 Å². The van der Waals surface area contributed by atoms with Crippen LogP contribution in [0.5, 0.6) is 0 Å². The van der Waals surface area contributed by atoms with Crippen LogP contribution >= 0.6 is 0 Å². The minimum absolute atomic E-state index is 0.0843. The third kappa shape index (κ3) is 4.71. The molecule has 1 aliphatic rings. The van der Waals surface area contributed by atoms with Crippen LogP contribution in [-0.4, -0.2) is 0 Å². The molecule has 0 amide bonds.